The molecule has 0 aliphatic rings. The van der Waals surface area contributed by atoms with E-state index in [4.69, 9.17) is 53.7 Å². The number of ether oxygens (including phenoxy) is 7. The molecule has 105 heavy (non-hydrogen) atoms. The number of primary sulfonamides is 3. The Kier molecular flexibility index (Phi) is 34.4. The number of nitrogens with two attached hydrogens (primary N) is 3. The van der Waals surface area contributed by atoms with Gasteiger partial charge >= 0.3 is 35.8 Å². The molecular formula is C74H85BrN6O21S3. The molecule has 0 aliphatic carbocycles. The van der Waals surface area contributed by atoms with Crippen molar-refractivity contribution in [3.63, 3.8) is 0 Å². The lowest BCUT2D eigenvalue weighted by Gasteiger charge is -2.18. The minimum atomic E-state index is -4.31. The molecule has 0 amide bonds. The number of carboxylic acid groups (broad SMARTS) is 2. The Balaban J connectivity index is 0.000000264. The van der Waals surface area contributed by atoms with E-state index in [9.17, 15) is 59.1 Å². The standard InChI is InChI=1S/C27H30N2O7S.C20H24N2O7S.C17H20N2O5S.C10H11BrO2/c1-3-4-15-29-23-16-21(17-24(37(28,32)33)25(23)36-22-13-9-6-10-14-22)27(31)35-19(2)26(30)34-18-20-11-7-5-8-12-20;1-3-4-10-22-16-11-14(20(25)28-13(2)19(23)24)12-17(30(21,26)27)18(16)29-15-8-6-5-7-9-15;1-2-3-9-19-14-10-12(17(20)21)11-15(25(18,22)23)16(14)24-13-7-5-4-6-8-13;1-8(11)10(12)13-7-9-5-3-2-4-6-9/h5-14,16-17,19,29H,3-4,15,18H2,1-2H3,(H2,28,32,33);5-9,11-13,22H,3-4,10H2,1-2H3,(H,23,24)(H2,21,26,27);4-8,10-11,19H,2-3,9H2,1H3,(H,20,21)(H2,18,22,23);2-6,8H,7H2,1H3/t19-;13-;;8-/m00.0/s1. The number of halogens is 1. The van der Waals surface area contributed by atoms with Crippen molar-refractivity contribution in [3.05, 3.63) is 216 Å². The van der Waals surface area contributed by atoms with Crippen molar-refractivity contribution in [1.29, 1.82) is 0 Å². The number of aliphatic carboxylic acids is 1. The summed E-state index contributed by atoms with van der Waals surface area (Å²) < 4.78 is 111. The van der Waals surface area contributed by atoms with Gasteiger partial charge in [0.05, 0.1) is 33.8 Å². The molecule has 31 heteroatoms. The number of unbranched alkanes of at least 4 members (excludes halogenated alkanes) is 3. The Morgan fingerprint density at radius 2 is 0.705 bits per heavy atom. The van der Waals surface area contributed by atoms with Crippen LogP contribution in [0.3, 0.4) is 0 Å². The van der Waals surface area contributed by atoms with Crippen molar-refractivity contribution in [2.24, 2.45) is 15.4 Å². The fourth-order valence-corrected chi connectivity index (χ4v) is 11.0. The monoisotopic (exact) mass is 1570 g/mol. The van der Waals surface area contributed by atoms with E-state index in [2.05, 4.69) is 31.9 Å². The average Bonchev–Trinajstić information content (AvgIpc) is 0.798. The second kappa shape index (κ2) is 42.4. The zero-order valence-electron chi connectivity index (χ0n) is 58.4. The maximum absolute atomic E-state index is 12.9. The van der Waals surface area contributed by atoms with E-state index >= 15 is 0 Å². The first-order valence-electron chi connectivity index (χ1n) is 32.8. The van der Waals surface area contributed by atoms with Crippen molar-refractivity contribution < 1.29 is 97.4 Å². The highest BCUT2D eigenvalue weighted by atomic mass is 79.9. The molecule has 8 aromatic rings. The molecule has 0 radical (unpaired) electrons. The van der Waals surface area contributed by atoms with Gasteiger partial charge in [0.25, 0.3) is 0 Å². The number of hydrogen-bond donors (Lipinski definition) is 8. The molecule has 8 aromatic carbocycles. The summed E-state index contributed by atoms with van der Waals surface area (Å²) in [6.45, 7) is 12.2. The van der Waals surface area contributed by atoms with Gasteiger partial charge in [0, 0.05) is 19.6 Å². The van der Waals surface area contributed by atoms with E-state index in [-0.39, 0.29) is 73.3 Å². The smallest absolute Gasteiger partial charge is 0.347 e. The highest BCUT2D eigenvalue weighted by Gasteiger charge is 2.30. The maximum atomic E-state index is 12.9. The number of carbonyl (C=O) groups is 6. The van der Waals surface area contributed by atoms with Crippen molar-refractivity contribution >= 4 is 98.9 Å². The number of hydrogen-bond acceptors (Lipinski definition) is 22. The van der Waals surface area contributed by atoms with Gasteiger partial charge in [0.15, 0.2) is 29.5 Å². The van der Waals surface area contributed by atoms with E-state index < -0.39 is 81.9 Å². The molecule has 3 atom stereocenters. The maximum Gasteiger partial charge on any atom is 0.347 e. The third-order valence-corrected chi connectivity index (χ3v) is 17.4. The number of aromatic carboxylic acids is 1. The lowest BCUT2D eigenvalue weighted by atomic mass is 10.1. The van der Waals surface area contributed by atoms with Crippen molar-refractivity contribution in [2.45, 2.75) is 125 Å². The number of benzene rings is 8. The first-order chi connectivity index (χ1) is 49.8. The zero-order chi connectivity index (χ0) is 77.3. The van der Waals surface area contributed by atoms with Crippen LogP contribution < -0.4 is 45.6 Å². The Morgan fingerprint density at radius 1 is 0.419 bits per heavy atom. The largest absolute Gasteiger partial charge is 0.479 e. The normalized spacial score (nSPS) is 11.8. The summed E-state index contributed by atoms with van der Waals surface area (Å²) in [6.07, 6.45) is 2.43. The average molecular weight is 1570 g/mol. The summed E-state index contributed by atoms with van der Waals surface area (Å²) in [5.74, 6) is -4.44. The first kappa shape index (κ1) is 85.2. The van der Waals surface area contributed by atoms with Gasteiger partial charge in [-0.1, -0.05) is 171 Å². The van der Waals surface area contributed by atoms with Crippen LogP contribution in [0.5, 0.6) is 34.5 Å². The summed E-state index contributed by atoms with van der Waals surface area (Å²) in [7, 11) is -12.8. The van der Waals surface area contributed by atoms with Crippen LogP contribution in [-0.2, 0) is 76.6 Å². The van der Waals surface area contributed by atoms with Crippen LogP contribution >= 0.6 is 15.9 Å². The number of alkyl halides is 1. The summed E-state index contributed by atoms with van der Waals surface area (Å²) in [6, 6.07) is 51.5. The van der Waals surface area contributed by atoms with Crippen LogP contribution in [-0.4, -0.2) is 108 Å². The molecule has 0 fully saturated rings. The van der Waals surface area contributed by atoms with Gasteiger partial charge in [-0.2, -0.15) is 0 Å². The number of anilines is 3. The molecule has 0 heterocycles. The van der Waals surface area contributed by atoms with E-state index in [0.717, 1.165) is 67.9 Å². The molecule has 0 unspecified atom stereocenters. The summed E-state index contributed by atoms with van der Waals surface area (Å²) >= 11 is 3.14. The predicted molar refractivity (Wildman–Crippen MR) is 398 cm³/mol. The van der Waals surface area contributed by atoms with Crippen LogP contribution in [0, 0.1) is 0 Å². The topological polar surface area (TPSA) is 424 Å². The minimum Gasteiger partial charge on any atom is -0.479 e. The number of esters is 4. The van der Waals surface area contributed by atoms with Gasteiger partial charge in [-0.15, -0.1) is 0 Å². The molecule has 0 aromatic heterocycles. The fourth-order valence-electron chi connectivity index (χ4n) is 8.77. The molecule has 0 bridgehead atoms. The zero-order valence-corrected chi connectivity index (χ0v) is 62.4. The third-order valence-electron chi connectivity index (χ3n) is 14.2. The van der Waals surface area contributed by atoms with E-state index in [0.29, 0.717) is 43.5 Å². The SMILES string of the molecule is CCCCNc1cc(C(=O)O)cc(S(N)(=O)=O)c1Oc1ccccc1.CCCCNc1cc(C(=O)O[C@@H](C)C(=O)O)cc(S(N)(=O)=O)c1Oc1ccccc1.CCCCNc1cc(C(=O)O[C@@H](C)C(=O)OCc2ccccc2)cc(S(N)(=O)=O)c1Oc1ccccc1.C[C@H](Br)C(=O)OCc1ccccc1. The van der Waals surface area contributed by atoms with Crippen LogP contribution in [0.15, 0.2) is 203 Å². The number of para-hydroxylation sites is 3. The van der Waals surface area contributed by atoms with Gasteiger partial charge in [0.2, 0.25) is 30.1 Å². The van der Waals surface area contributed by atoms with Gasteiger partial charge in [-0.05, 0) is 124 Å². The lowest BCUT2D eigenvalue weighted by Crippen LogP contribution is -2.26. The van der Waals surface area contributed by atoms with Gasteiger partial charge in [-0.3, -0.25) is 4.79 Å². The summed E-state index contributed by atoms with van der Waals surface area (Å²) in [5.41, 5.74) is 2.03. The molecular weight excluding hydrogens is 1480 g/mol. The van der Waals surface area contributed by atoms with Crippen molar-refractivity contribution in [1.82, 2.24) is 0 Å². The molecule has 0 saturated carbocycles. The van der Waals surface area contributed by atoms with E-state index in [1.807, 2.05) is 69.3 Å². The summed E-state index contributed by atoms with van der Waals surface area (Å²) in [4.78, 5) is 69.6. The molecule has 11 N–H and O–H groups in total. The fraction of sp³-hybridized carbons (Fsp3) is 0.270. The Labute approximate surface area is 619 Å². The van der Waals surface area contributed by atoms with Crippen LogP contribution in [0.4, 0.5) is 17.1 Å². The van der Waals surface area contributed by atoms with Crippen LogP contribution in [0.1, 0.15) is 122 Å². The van der Waals surface area contributed by atoms with E-state index in [1.54, 1.807) is 110 Å². The molecule has 8 rings (SSSR count). The number of sulfonamides is 3. The predicted octanol–water partition coefficient (Wildman–Crippen LogP) is 13.1. The second-order valence-corrected chi connectivity index (χ2v) is 28.8. The van der Waals surface area contributed by atoms with Gasteiger partial charge in [-0.25, -0.2) is 64.6 Å². The van der Waals surface area contributed by atoms with Gasteiger partial charge < -0.3 is 59.3 Å². The lowest BCUT2D eigenvalue weighted by molar-refractivity contribution is -0.154. The van der Waals surface area contributed by atoms with E-state index in [1.165, 1.54) is 32.0 Å². The quantitative estimate of drug-likeness (QED) is 0.00819. The van der Waals surface area contributed by atoms with Crippen LogP contribution in [0.25, 0.3) is 0 Å². The molecule has 0 saturated heterocycles. The molecule has 0 aliphatic heterocycles. The third kappa shape index (κ3) is 29.0. The number of nitrogens with one attached hydrogen (secondary N) is 3. The number of rotatable bonds is 33. The molecule has 562 valence electrons. The second-order valence-electron chi connectivity index (χ2n) is 22.8. The Bertz CT molecular complexity index is 4530. The van der Waals surface area contributed by atoms with Crippen molar-refractivity contribution in [3.8, 4) is 34.5 Å². The van der Waals surface area contributed by atoms with Gasteiger partial charge in [0.1, 0.15) is 50.0 Å². The Morgan fingerprint density at radius 3 is 0.990 bits per heavy atom. The number of carboxylic acids is 2. The highest BCUT2D eigenvalue weighted by Crippen LogP contribution is 2.40. The van der Waals surface area contributed by atoms with Crippen molar-refractivity contribution in [2.75, 3.05) is 35.6 Å². The Hall–Kier alpha value is -10.4. The molecule has 0 spiro atoms. The number of carbonyl (C=O) groups excluding carboxylic acids is 4. The minimum absolute atomic E-state index is 0.0187. The highest BCUT2D eigenvalue weighted by molar-refractivity contribution is 9.10. The summed E-state index contributed by atoms with van der Waals surface area (Å²) in [5, 5.41) is 43.5. The first-order valence-corrected chi connectivity index (χ1v) is 38.4. The molecule has 27 nitrogen and oxygen atoms in total. The van der Waals surface area contributed by atoms with Crippen LogP contribution in [0.2, 0.25) is 0 Å².